The van der Waals surface area contributed by atoms with E-state index in [0.29, 0.717) is 11.6 Å². The molecule has 3 heterocycles. The third kappa shape index (κ3) is 5.63. The Morgan fingerprint density at radius 1 is 1.02 bits per heavy atom. The summed E-state index contributed by atoms with van der Waals surface area (Å²) in [7, 11) is -4.11. The molecule has 2 N–H and O–H groups in total. The van der Waals surface area contributed by atoms with Crippen molar-refractivity contribution in [3.05, 3.63) is 81.1 Å². The molecule has 0 radical (unpaired) electrons. The van der Waals surface area contributed by atoms with Gasteiger partial charge in [0, 0.05) is 27.2 Å². The lowest BCUT2D eigenvalue weighted by Crippen LogP contribution is -2.39. The second kappa shape index (κ2) is 10.8. The number of halogens is 1. The number of aliphatic carboxylic acids is 1. The average Bonchev–Trinajstić information content (AvgIpc) is 3.59. The van der Waals surface area contributed by atoms with Crippen molar-refractivity contribution in [2.45, 2.75) is 17.9 Å². The van der Waals surface area contributed by atoms with Crippen LogP contribution in [0.5, 0.6) is 0 Å². The number of anilines is 1. The van der Waals surface area contributed by atoms with Crippen LogP contribution in [0.1, 0.15) is 11.4 Å². The number of fused-ring (bicyclic) bond motifs is 3. The lowest BCUT2D eigenvalue weighted by atomic mass is 10.0. The molecule has 0 bridgehead atoms. The van der Waals surface area contributed by atoms with Gasteiger partial charge in [0.1, 0.15) is 4.70 Å². The van der Waals surface area contributed by atoms with Crippen LogP contribution in [0.4, 0.5) is 5.69 Å². The number of thiophene rings is 1. The van der Waals surface area contributed by atoms with E-state index in [1.165, 1.54) is 21.4 Å². The van der Waals surface area contributed by atoms with Gasteiger partial charge in [0.2, 0.25) is 12.1 Å². The highest BCUT2D eigenvalue weighted by Crippen LogP contribution is 2.48. The number of thiazole rings is 1. The normalized spacial score (nSPS) is 14.4. The van der Waals surface area contributed by atoms with Crippen molar-refractivity contribution in [2.75, 3.05) is 17.2 Å². The van der Waals surface area contributed by atoms with Crippen LogP contribution in [0, 0.1) is 0 Å². The number of hydrogen-bond donors (Lipinski definition) is 2. The molecule has 0 saturated heterocycles. The summed E-state index contributed by atoms with van der Waals surface area (Å²) in [6.07, 6.45) is 2.16. The highest BCUT2D eigenvalue weighted by molar-refractivity contribution is 8.03. The molecule has 0 amide bonds. The predicted molar refractivity (Wildman–Crippen MR) is 164 cm³/mol. The molecule has 204 valence electrons. The van der Waals surface area contributed by atoms with Crippen LogP contribution in [-0.4, -0.2) is 36.3 Å². The Morgan fingerprint density at radius 3 is 2.60 bits per heavy atom. The standard InChI is InChI=1S/C28H21ClN2O5S4/c29-20-4-7-25-22(14-20)31(16-28(32)33)27(39-25)15-26-30(9-1-11-40(34,35)36)21-13-18(3-6-24(21)38-26)17-2-5-23-19(12-17)8-10-37-23/h2-8,10,12-15H,1,9,11,16H2,(H-,32,33,34,35,36)/p+1. The Kier molecular flexibility index (Phi) is 7.36. The van der Waals surface area contributed by atoms with Crippen LogP contribution < -0.4 is 9.47 Å². The number of thioether (sulfide) groups is 1. The third-order valence-electron chi connectivity index (χ3n) is 6.53. The molecular weight excluding hydrogens is 608 g/mol. The van der Waals surface area contributed by atoms with E-state index in [4.69, 9.17) is 11.6 Å². The molecule has 0 spiro atoms. The zero-order chi connectivity index (χ0) is 28.0. The summed E-state index contributed by atoms with van der Waals surface area (Å²) >= 11 is 10.9. The molecule has 5 aromatic rings. The lowest BCUT2D eigenvalue weighted by molar-refractivity contribution is -0.657. The molecule has 1 aliphatic rings. The summed E-state index contributed by atoms with van der Waals surface area (Å²) in [6.45, 7) is 0.128. The summed E-state index contributed by atoms with van der Waals surface area (Å²) in [5, 5.41) is 15.0. The summed E-state index contributed by atoms with van der Waals surface area (Å²) < 4.78 is 36.1. The van der Waals surface area contributed by atoms with E-state index < -0.39 is 16.1 Å². The fourth-order valence-corrected chi connectivity index (χ4v) is 8.45. The SMILES string of the molecule is O=C(O)C[n+]1c(C=C2Sc3ccc(-c4ccc5sccc5c4)cc3N2CCCS(=O)(=O)O)sc2ccc(Cl)cc21. The van der Waals surface area contributed by atoms with Gasteiger partial charge in [-0.05, 0) is 70.8 Å². The molecule has 0 saturated carbocycles. The van der Waals surface area contributed by atoms with Crippen LogP contribution in [0.3, 0.4) is 0 Å². The second-order valence-electron chi connectivity index (χ2n) is 9.26. The maximum Gasteiger partial charge on any atom is 0.370 e. The maximum absolute atomic E-state index is 11.7. The summed E-state index contributed by atoms with van der Waals surface area (Å²) in [5.74, 6) is -1.32. The zero-order valence-electron chi connectivity index (χ0n) is 20.8. The smallest absolute Gasteiger partial charge is 0.370 e. The van der Waals surface area contributed by atoms with Crippen LogP contribution >= 0.6 is 46.0 Å². The number of hydrogen-bond acceptors (Lipinski definition) is 7. The van der Waals surface area contributed by atoms with Crippen LogP contribution in [0.2, 0.25) is 5.02 Å². The van der Waals surface area contributed by atoms with Crippen molar-refractivity contribution in [1.29, 1.82) is 0 Å². The topological polar surface area (TPSA) is 98.8 Å². The number of nitrogens with zero attached hydrogens (tertiary/aromatic N) is 2. The minimum absolute atomic E-state index is 0.221. The quantitative estimate of drug-likeness (QED) is 0.141. The van der Waals surface area contributed by atoms with Gasteiger partial charge in [0.25, 0.3) is 15.1 Å². The van der Waals surface area contributed by atoms with E-state index in [1.807, 2.05) is 17.0 Å². The maximum atomic E-state index is 11.7. The van der Waals surface area contributed by atoms with Gasteiger partial charge in [-0.3, -0.25) is 4.55 Å². The molecule has 3 aromatic carbocycles. The molecule has 0 aliphatic carbocycles. The Morgan fingerprint density at radius 2 is 1.80 bits per heavy atom. The third-order valence-corrected chi connectivity index (χ3v) is 10.7. The molecule has 1 aliphatic heterocycles. The first-order chi connectivity index (χ1) is 19.1. The second-order valence-corrected chi connectivity index (χ2v) is 14.3. The highest BCUT2D eigenvalue weighted by Gasteiger charge is 2.29. The van der Waals surface area contributed by atoms with Crippen LogP contribution in [0.15, 0.2) is 76.0 Å². The molecule has 12 heteroatoms. The van der Waals surface area contributed by atoms with Gasteiger partial charge >= 0.3 is 5.97 Å². The summed E-state index contributed by atoms with van der Waals surface area (Å²) in [5.41, 5.74) is 3.78. The largest absolute Gasteiger partial charge is 0.477 e. The van der Waals surface area contributed by atoms with Gasteiger partial charge in [-0.1, -0.05) is 46.8 Å². The average molecular weight is 630 g/mol. The first kappa shape index (κ1) is 27.3. The van der Waals surface area contributed by atoms with Crippen LogP contribution in [-0.2, 0) is 21.5 Å². The van der Waals surface area contributed by atoms with Crippen molar-refractivity contribution in [3.63, 3.8) is 0 Å². The van der Waals surface area contributed by atoms with Gasteiger partial charge in [-0.25, -0.2) is 4.79 Å². The molecule has 2 aromatic heterocycles. The zero-order valence-corrected chi connectivity index (χ0v) is 24.8. The molecule has 0 unspecified atom stereocenters. The van der Waals surface area contributed by atoms with E-state index >= 15 is 0 Å². The van der Waals surface area contributed by atoms with Crippen molar-refractivity contribution < 1.29 is 27.4 Å². The molecule has 40 heavy (non-hydrogen) atoms. The molecular formula is C28H22ClN2O5S4+. The fraction of sp³-hybridized carbons (Fsp3) is 0.143. The first-order valence-electron chi connectivity index (χ1n) is 12.2. The minimum Gasteiger partial charge on any atom is -0.477 e. The Bertz CT molecular complexity index is 1930. The van der Waals surface area contributed by atoms with E-state index in [0.717, 1.165) is 42.0 Å². The summed E-state index contributed by atoms with van der Waals surface area (Å²) in [4.78, 5) is 14.8. The van der Waals surface area contributed by atoms with E-state index in [2.05, 4.69) is 47.8 Å². The van der Waals surface area contributed by atoms with E-state index in [9.17, 15) is 22.9 Å². The fourth-order valence-electron chi connectivity index (χ4n) is 4.76. The number of aromatic nitrogens is 1. The van der Waals surface area contributed by atoms with Gasteiger partial charge in [-0.2, -0.15) is 13.0 Å². The van der Waals surface area contributed by atoms with Crippen molar-refractivity contribution >= 4 is 94.2 Å². The molecule has 6 rings (SSSR count). The number of carbonyl (C=O) groups is 1. The highest BCUT2D eigenvalue weighted by atomic mass is 35.5. The Labute approximate surface area is 247 Å². The number of carboxylic acid groups (broad SMARTS) is 1. The summed E-state index contributed by atoms with van der Waals surface area (Å²) in [6, 6.07) is 20.1. The number of rotatable bonds is 8. The Balaban J connectivity index is 1.42. The molecule has 7 nitrogen and oxygen atoms in total. The minimum atomic E-state index is -4.11. The Hall–Kier alpha value is -2.93. The number of carboxylic acids is 1. The first-order valence-corrected chi connectivity index (χ1v) is 16.7. The molecule has 0 fully saturated rings. The van der Waals surface area contributed by atoms with E-state index in [-0.39, 0.29) is 18.7 Å². The van der Waals surface area contributed by atoms with E-state index in [1.54, 1.807) is 39.8 Å². The van der Waals surface area contributed by atoms with Crippen molar-refractivity contribution in [2.24, 2.45) is 0 Å². The van der Waals surface area contributed by atoms with Crippen molar-refractivity contribution in [1.82, 2.24) is 0 Å². The van der Waals surface area contributed by atoms with Crippen molar-refractivity contribution in [3.8, 4) is 11.1 Å². The monoisotopic (exact) mass is 629 g/mol. The molecule has 0 atom stereocenters. The van der Waals surface area contributed by atoms with Gasteiger partial charge in [0.15, 0.2) is 0 Å². The van der Waals surface area contributed by atoms with Gasteiger partial charge in [0.05, 0.1) is 22.5 Å². The van der Waals surface area contributed by atoms with Crippen LogP contribution in [0.25, 0.3) is 37.5 Å². The number of benzene rings is 3. The van der Waals surface area contributed by atoms with Gasteiger partial charge < -0.3 is 10.0 Å². The predicted octanol–water partition coefficient (Wildman–Crippen LogP) is 7.00. The van der Waals surface area contributed by atoms with Gasteiger partial charge in [-0.15, -0.1) is 11.3 Å². The lowest BCUT2D eigenvalue weighted by Gasteiger charge is -2.20.